The van der Waals surface area contributed by atoms with Crippen LogP contribution in [-0.2, 0) is 14.3 Å². The molecular weight excluding hydrogens is 228 g/mol. The van der Waals surface area contributed by atoms with Crippen molar-refractivity contribution in [3.63, 3.8) is 0 Å². The molecule has 2 N–H and O–H groups in total. The number of methoxy groups -OCH3 is 2. The summed E-state index contributed by atoms with van der Waals surface area (Å²) in [5, 5.41) is 11.3. The molecule has 0 aromatic rings. The van der Waals surface area contributed by atoms with Gasteiger partial charge >= 0.3 is 12.0 Å². The van der Waals surface area contributed by atoms with E-state index in [2.05, 4.69) is 5.32 Å². The molecule has 7 nitrogen and oxygen atoms in total. The summed E-state index contributed by atoms with van der Waals surface area (Å²) in [6.07, 6.45) is -0.118. The van der Waals surface area contributed by atoms with Gasteiger partial charge < -0.3 is 24.8 Å². The largest absolute Gasteiger partial charge is 0.480 e. The Morgan fingerprint density at radius 1 is 1.41 bits per heavy atom. The van der Waals surface area contributed by atoms with Crippen LogP contribution in [0.2, 0.25) is 0 Å². The second kappa shape index (κ2) is 8.77. The Balaban J connectivity index is 4.16. The standard InChI is InChI=1S/C10H20N2O5/c1-8(17-3)6-11-10(15)12(4-5-16-2)7-9(13)14/h8H,4-7H2,1-3H3,(H,11,15)(H,13,14). The Bertz CT molecular complexity index is 247. The predicted octanol–water partition coefficient (Wildman–Crippen LogP) is -0.236. The number of carboxylic acid groups (broad SMARTS) is 1. The van der Waals surface area contributed by atoms with Crippen LogP contribution in [0.3, 0.4) is 0 Å². The fraction of sp³-hybridized carbons (Fsp3) is 0.800. The smallest absolute Gasteiger partial charge is 0.323 e. The molecule has 0 aromatic carbocycles. The van der Waals surface area contributed by atoms with Crippen LogP contribution >= 0.6 is 0 Å². The molecule has 1 unspecified atom stereocenters. The van der Waals surface area contributed by atoms with Crippen molar-refractivity contribution in [3.05, 3.63) is 0 Å². The van der Waals surface area contributed by atoms with Crippen molar-refractivity contribution in [1.29, 1.82) is 0 Å². The number of amides is 2. The number of aliphatic carboxylic acids is 1. The van der Waals surface area contributed by atoms with Crippen molar-refractivity contribution in [2.24, 2.45) is 0 Å². The molecule has 0 heterocycles. The van der Waals surface area contributed by atoms with E-state index in [-0.39, 0.29) is 19.2 Å². The highest BCUT2D eigenvalue weighted by Crippen LogP contribution is 1.92. The molecule has 0 saturated heterocycles. The molecule has 0 bridgehead atoms. The van der Waals surface area contributed by atoms with Crippen molar-refractivity contribution in [2.75, 3.05) is 40.5 Å². The lowest BCUT2D eigenvalue weighted by Crippen LogP contribution is -2.46. The highest BCUT2D eigenvalue weighted by atomic mass is 16.5. The molecule has 0 spiro atoms. The van der Waals surface area contributed by atoms with Crippen LogP contribution < -0.4 is 5.32 Å². The van der Waals surface area contributed by atoms with E-state index in [1.54, 1.807) is 6.92 Å². The van der Waals surface area contributed by atoms with Crippen LogP contribution in [0.5, 0.6) is 0 Å². The van der Waals surface area contributed by atoms with E-state index in [9.17, 15) is 9.59 Å². The first kappa shape index (κ1) is 15.7. The molecule has 0 saturated carbocycles. The maximum atomic E-state index is 11.6. The average Bonchev–Trinajstić information content (AvgIpc) is 2.30. The SMILES string of the molecule is COCCN(CC(=O)O)C(=O)NCC(C)OC. The Morgan fingerprint density at radius 3 is 2.53 bits per heavy atom. The number of rotatable bonds is 8. The van der Waals surface area contributed by atoms with Gasteiger partial charge in [-0.3, -0.25) is 4.79 Å². The Kier molecular flexibility index (Phi) is 8.08. The van der Waals surface area contributed by atoms with Gasteiger partial charge in [0.1, 0.15) is 6.54 Å². The third kappa shape index (κ3) is 7.53. The van der Waals surface area contributed by atoms with Crippen molar-refractivity contribution >= 4 is 12.0 Å². The Morgan fingerprint density at radius 2 is 2.06 bits per heavy atom. The summed E-state index contributed by atoms with van der Waals surface area (Å²) in [6, 6.07) is -0.437. The molecule has 0 aromatic heterocycles. The minimum Gasteiger partial charge on any atom is -0.480 e. The van der Waals surface area contributed by atoms with E-state index >= 15 is 0 Å². The summed E-state index contributed by atoms with van der Waals surface area (Å²) in [4.78, 5) is 23.4. The van der Waals surface area contributed by atoms with Gasteiger partial charge in [-0.1, -0.05) is 0 Å². The van der Waals surface area contributed by atoms with Gasteiger partial charge in [0.25, 0.3) is 0 Å². The third-order valence-corrected chi connectivity index (χ3v) is 2.12. The van der Waals surface area contributed by atoms with E-state index < -0.39 is 12.0 Å². The summed E-state index contributed by atoms with van der Waals surface area (Å²) < 4.78 is 9.78. The van der Waals surface area contributed by atoms with Crippen LogP contribution in [0.25, 0.3) is 0 Å². The van der Waals surface area contributed by atoms with Crippen LogP contribution in [0.15, 0.2) is 0 Å². The van der Waals surface area contributed by atoms with E-state index in [0.29, 0.717) is 13.2 Å². The normalized spacial score (nSPS) is 11.9. The number of nitrogens with zero attached hydrogens (tertiary/aromatic N) is 1. The molecule has 0 aliphatic heterocycles. The third-order valence-electron chi connectivity index (χ3n) is 2.12. The Labute approximate surface area is 101 Å². The van der Waals surface area contributed by atoms with E-state index in [1.165, 1.54) is 19.1 Å². The predicted molar refractivity (Wildman–Crippen MR) is 61.0 cm³/mol. The maximum Gasteiger partial charge on any atom is 0.323 e. The average molecular weight is 248 g/mol. The molecule has 0 aliphatic rings. The monoisotopic (exact) mass is 248 g/mol. The first-order chi connectivity index (χ1) is 8.01. The molecule has 0 fully saturated rings. The summed E-state index contributed by atoms with van der Waals surface area (Å²) >= 11 is 0. The number of hydrogen-bond donors (Lipinski definition) is 2. The lowest BCUT2D eigenvalue weighted by atomic mass is 10.4. The highest BCUT2D eigenvalue weighted by Gasteiger charge is 2.16. The number of carbonyl (C=O) groups excluding carboxylic acids is 1. The molecule has 100 valence electrons. The summed E-state index contributed by atoms with van der Waals surface area (Å²) in [5.74, 6) is -1.06. The van der Waals surface area contributed by atoms with Crippen molar-refractivity contribution in [3.8, 4) is 0 Å². The first-order valence-electron chi connectivity index (χ1n) is 5.27. The summed E-state index contributed by atoms with van der Waals surface area (Å²) in [7, 11) is 3.03. The topological polar surface area (TPSA) is 88.1 Å². The van der Waals surface area contributed by atoms with Crippen molar-refractivity contribution < 1.29 is 24.2 Å². The molecule has 0 radical (unpaired) electrons. The number of carboxylic acids is 1. The highest BCUT2D eigenvalue weighted by molar-refractivity contribution is 5.80. The molecular formula is C10H20N2O5. The van der Waals surface area contributed by atoms with Crippen molar-refractivity contribution in [1.82, 2.24) is 10.2 Å². The molecule has 2 amide bonds. The number of carbonyl (C=O) groups is 2. The molecule has 0 rings (SSSR count). The number of nitrogens with one attached hydrogen (secondary N) is 1. The van der Waals surface area contributed by atoms with E-state index in [1.807, 2.05) is 0 Å². The minimum atomic E-state index is -1.06. The van der Waals surface area contributed by atoms with E-state index in [4.69, 9.17) is 14.6 Å². The molecule has 1 atom stereocenters. The minimum absolute atomic E-state index is 0.118. The summed E-state index contributed by atoms with van der Waals surface area (Å²) in [6.45, 7) is 2.31. The van der Waals surface area contributed by atoms with Gasteiger partial charge in [0.15, 0.2) is 0 Å². The lowest BCUT2D eigenvalue weighted by molar-refractivity contribution is -0.137. The van der Waals surface area contributed by atoms with Gasteiger partial charge in [-0.2, -0.15) is 0 Å². The van der Waals surface area contributed by atoms with Crippen molar-refractivity contribution in [2.45, 2.75) is 13.0 Å². The van der Waals surface area contributed by atoms with E-state index in [0.717, 1.165) is 0 Å². The number of urea groups is 1. The summed E-state index contributed by atoms with van der Waals surface area (Å²) in [5.41, 5.74) is 0. The van der Waals surface area contributed by atoms with Gasteiger partial charge in [0.2, 0.25) is 0 Å². The number of hydrogen-bond acceptors (Lipinski definition) is 4. The zero-order valence-electron chi connectivity index (χ0n) is 10.4. The van der Waals surface area contributed by atoms with Gasteiger partial charge in [-0.05, 0) is 6.92 Å². The first-order valence-corrected chi connectivity index (χ1v) is 5.27. The lowest BCUT2D eigenvalue weighted by Gasteiger charge is -2.21. The number of ether oxygens (including phenoxy) is 2. The van der Waals surface area contributed by atoms with Crippen LogP contribution in [0.4, 0.5) is 4.79 Å². The maximum absolute atomic E-state index is 11.6. The molecule has 7 heteroatoms. The van der Waals surface area contributed by atoms with Gasteiger partial charge in [0, 0.05) is 27.3 Å². The zero-order valence-corrected chi connectivity index (χ0v) is 10.4. The van der Waals surface area contributed by atoms with Gasteiger partial charge in [-0.15, -0.1) is 0 Å². The second-order valence-electron chi connectivity index (χ2n) is 3.54. The zero-order chi connectivity index (χ0) is 13.3. The van der Waals surface area contributed by atoms with Crippen LogP contribution in [0, 0.1) is 0 Å². The van der Waals surface area contributed by atoms with Crippen LogP contribution in [-0.4, -0.2) is 68.6 Å². The molecule has 17 heavy (non-hydrogen) atoms. The fourth-order valence-corrected chi connectivity index (χ4v) is 1.04. The second-order valence-corrected chi connectivity index (χ2v) is 3.54. The van der Waals surface area contributed by atoms with Crippen LogP contribution in [0.1, 0.15) is 6.92 Å². The Hall–Kier alpha value is -1.34. The molecule has 0 aliphatic carbocycles. The quantitative estimate of drug-likeness (QED) is 0.619. The fourth-order valence-electron chi connectivity index (χ4n) is 1.04. The van der Waals surface area contributed by atoms with Gasteiger partial charge in [0.05, 0.1) is 12.7 Å². The van der Waals surface area contributed by atoms with Gasteiger partial charge in [-0.25, -0.2) is 4.79 Å².